The van der Waals surface area contributed by atoms with Crippen molar-refractivity contribution in [3.63, 3.8) is 0 Å². The number of halogens is 2. The highest BCUT2D eigenvalue weighted by Crippen LogP contribution is 2.25. The standard InChI is InChI=1S/C16H17Cl2NO/c1-10-7-12(11(2)19)4-6-16(10)20-9-13-3-5-14(17)8-15(13)18/h3-8,11H,9,19H2,1-2H3/t11-/m0/s1. The molecule has 0 heterocycles. The van der Waals surface area contributed by atoms with Crippen LogP contribution in [0.3, 0.4) is 0 Å². The van der Waals surface area contributed by atoms with Gasteiger partial charge in [-0.3, -0.25) is 0 Å². The smallest absolute Gasteiger partial charge is 0.122 e. The van der Waals surface area contributed by atoms with Crippen molar-refractivity contribution in [2.24, 2.45) is 5.73 Å². The van der Waals surface area contributed by atoms with Crippen molar-refractivity contribution >= 4 is 23.2 Å². The Morgan fingerprint density at radius 1 is 1.15 bits per heavy atom. The molecule has 0 spiro atoms. The van der Waals surface area contributed by atoms with E-state index in [4.69, 9.17) is 33.7 Å². The zero-order chi connectivity index (χ0) is 14.7. The second kappa shape index (κ2) is 6.49. The lowest BCUT2D eigenvalue weighted by molar-refractivity contribution is 0.304. The van der Waals surface area contributed by atoms with E-state index in [0.29, 0.717) is 16.7 Å². The Kier molecular flexibility index (Phi) is 4.92. The van der Waals surface area contributed by atoms with Crippen LogP contribution >= 0.6 is 23.2 Å². The molecule has 2 rings (SSSR count). The zero-order valence-corrected chi connectivity index (χ0v) is 13.0. The number of nitrogens with two attached hydrogens (primary N) is 1. The van der Waals surface area contributed by atoms with Gasteiger partial charge in [0.1, 0.15) is 12.4 Å². The quantitative estimate of drug-likeness (QED) is 0.871. The molecule has 0 aliphatic rings. The van der Waals surface area contributed by atoms with Gasteiger partial charge in [-0.25, -0.2) is 0 Å². The monoisotopic (exact) mass is 309 g/mol. The summed E-state index contributed by atoms with van der Waals surface area (Å²) in [5, 5.41) is 1.23. The third-order valence-corrected chi connectivity index (χ3v) is 3.71. The first-order chi connectivity index (χ1) is 9.47. The Balaban J connectivity index is 2.11. The normalized spacial score (nSPS) is 12.2. The molecule has 1 atom stereocenters. The van der Waals surface area contributed by atoms with Gasteiger partial charge >= 0.3 is 0 Å². The molecule has 0 fully saturated rings. The molecule has 0 unspecified atom stereocenters. The van der Waals surface area contributed by atoms with E-state index in [9.17, 15) is 0 Å². The summed E-state index contributed by atoms with van der Waals surface area (Å²) in [7, 11) is 0. The van der Waals surface area contributed by atoms with Crippen molar-refractivity contribution in [1.29, 1.82) is 0 Å². The molecule has 0 aliphatic heterocycles. The SMILES string of the molecule is Cc1cc([C@H](C)N)ccc1OCc1ccc(Cl)cc1Cl. The minimum absolute atomic E-state index is 0.0217. The summed E-state index contributed by atoms with van der Waals surface area (Å²) in [6.07, 6.45) is 0. The van der Waals surface area contributed by atoms with Crippen molar-refractivity contribution < 1.29 is 4.74 Å². The molecular weight excluding hydrogens is 293 g/mol. The first-order valence-electron chi connectivity index (χ1n) is 6.40. The highest BCUT2D eigenvalue weighted by Gasteiger charge is 2.06. The van der Waals surface area contributed by atoms with Crippen LogP contribution in [0.25, 0.3) is 0 Å². The second-order valence-electron chi connectivity index (χ2n) is 4.84. The first-order valence-corrected chi connectivity index (χ1v) is 7.16. The van der Waals surface area contributed by atoms with Crippen molar-refractivity contribution in [3.8, 4) is 5.75 Å². The minimum atomic E-state index is 0.0217. The highest BCUT2D eigenvalue weighted by molar-refractivity contribution is 6.35. The van der Waals surface area contributed by atoms with Crippen molar-refractivity contribution in [2.75, 3.05) is 0 Å². The summed E-state index contributed by atoms with van der Waals surface area (Å²) < 4.78 is 5.81. The van der Waals surface area contributed by atoms with Crippen molar-refractivity contribution in [1.82, 2.24) is 0 Å². The van der Waals surface area contributed by atoms with Crippen LogP contribution in [-0.2, 0) is 6.61 Å². The Morgan fingerprint density at radius 3 is 2.50 bits per heavy atom. The van der Waals surface area contributed by atoms with Gasteiger partial charge in [-0.2, -0.15) is 0 Å². The fourth-order valence-electron chi connectivity index (χ4n) is 1.91. The number of hydrogen-bond donors (Lipinski definition) is 1. The van der Waals surface area contributed by atoms with Gasteiger partial charge in [0.2, 0.25) is 0 Å². The summed E-state index contributed by atoms with van der Waals surface area (Å²) in [6, 6.07) is 11.4. The van der Waals surface area contributed by atoms with Crippen molar-refractivity contribution in [2.45, 2.75) is 26.5 Å². The van der Waals surface area contributed by atoms with Crippen LogP contribution < -0.4 is 10.5 Å². The molecule has 0 amide bonds. The van der Waals surface area contributed by atoms with Gasteiger partial charge in [0, 0.05) is 21.7 Å². The van der Waals surface area contributed by atoms with Gasteiger partial charge in [-0.1, -0.05) is 41.4 Å². The van der Waals surface area contributed by atoms with E-state index in [1.165, 1.54) is 0 Å². The summed E-state index contributed by atoms with van der Waals surface area (Å²) in [6.45, 7) is 4.38. The van der Waals surface area contributed by atoms with Gasteiger partial charge in [0.15, 0.2) is 0 Å². The third kappa shape index (κ3) is 3.66. The lowest BCUT2D eigenvalue weighted by Gasteiger charge is -2.13. The van der Waals surface area contributed by atoms with Crippen LogP contribution in [0.15, 0.2) is 36.4 Å². The highest BCUT2D eigenvalue weighted by atomic mass is 35.5. The van der Waals surface area contributed by atoms with Crippen LogP contribution in [0.1, 0.15) is 29.7 Å². The summed E-state index contributed by atoms with van der Waals surface area (Å²) >= 11 is 12.0. The van der Waals surface area contributed by atoms with Gasteiger partial charge < -0.3 is 10.5 Å². The molecule has 2 N–H and O–H groups in total. The van der Waals surface area contributed by atoms with E-state index < -0.39 is 0 Å². The van der Waals surface area contributed by atoms with Crippen LogP contribution in [-0.4, -0.2) is 0 Å². The molecule has 2 nitrogen and oxygen atoms in total. The molecule has 0 aliphatic carbocycles. The number of hydrogen-bond acceptors (Lipinski definition) is 2. The van der Waals surface area contributed by atoms with Gasteiger partial charge in [0.25, 0.3) is 0 Å². The molecule has 2 aromatic rings. The molecular formula is C16H17Cl2NO. The fraction of sp³-hybridized carbons (Fsp3) is 0.250. The molecule has 20 heavy (non-hydrogen) atoms. The van der Waals surface area contributed by atoms with Crippen LogP contribution in [0.4, 0.5) is 0 Å². The molecule has 0 radical (unpaired) electrons. The van der Waals surface area contributed by atoms with Crippen LogP contribution in [0.5, 0.6) is 5.75 Å². The summed E-state index contributed by atoms with van der Waals surface area (Å²) in [5.41, 5.74) is 8.93. The lowest BCUT2D eigenvalue weighted by atomic mass is 10.1. The molecule has 0 saturated carbocycles. The van der Waals surface area contributed by atoms with E-state index in [-0.39, 0.29) is 6.04 Å². The maximum absolute atomic E-state index is 6.12. The zero-order valence-electron chi connectivity index (χ0n) is 11.5. The Labute approximate surface area is 129 Å². The second-order valence-corrected chi connectivity index (χ2v) is 5.68. The average molecular weight is 310 g/mol. The van der Waals surface area contributed by atoms with Crippen molar-refractivity contribution in [3.05, 3.63) is 63.1 Å². The van der Waals surface area contributed by atoms with E-state index >= 15 is 0 Å². The van der Waals surface area contributed by atoms with E-state index in [0.717, 1.165) is 22.4 Å². The van der Waals surface area contributed by atoms with Crippen LogP contribution in [0, 0.1) is 6.92 Å². The maximum atomic E-state index is 6.12. The molecule has 0 bridgehead atoms. The first kappa shape index (κ1) is 15.2. The molecule has 106 valence electrons. The number of rotatable bonds is 4. The molecule has 0 saturated heterocycles. The Bertz CT molecular complexity index is 611. The summed E-state index contributed by atoms with van der Waals surface area (Å²) in [4.78, 5) is 0. The number of benzene rings is 2. The average Bonchev–Trinajstić information content (AvgIpc) is 2.38. The van der Waals surface area contributed by atoms with Gasteiger partial charge in [0.05, 0.1) is 0 Å². The third-order valence-electron chi connectivity index (χ3n) is 3.12. The Morgan fingerprint density at radius 2 is 1.90 bits per heavy atom. The molecule has 4 heteroatoms. The number of aryl methyl sites for hydroxylation is 1. The van der Waals surface area contributed by atoms with E-state index in [2.05, 4.69) is 0 Å². The largest absolute Gasteiger partial charge is 0.489 e. The van der Waals surface area contributed by atoms with Gasteiger partial charge in [-0.15, -0.1) is 0 Å². The van der Waals surface area contributed by atoms with Crippen LogP contribution in [0.2, 0.25) is 10.0 Å². The van der Waals surface area contributed by atoms with E-state index in [1.54, 1.807) is 12.1 Å². The maximum Gasteiger partial charge on any atom is 0.122 e. The topological polar surface area (TPSA) is 35.2 Å². The predicted octanol–water partition coefficient (Wildman–Crippen LogP) is 4.90. The number of ether oxygens (including phenoxy) is 1. The molecule has 2 aromatic carbocycles. The fourth-order valence-corrected chi connectivity index (χ4v) is 2.38. The van der Waals surface area contributed by atoms with Gasteiger partial charge in [-0.05, 0) is 43.2 Å². The minimum Gasteiger partial charge on any atom is -0.489 e. The predicted molar refractivity (Wildman–Crippen MR) is 84.6 cm³/mol. The lowest BCUT2D eigenvalue weighted by Crippen LogP contribution is -2.05. The summed E-state index contributed by atoms with van der Waals surface area (Å²) in [5.74, 6) is 0.834. The molecule has 0 aromatic heterocycles. The van der Waals surface area contributed by atoms with E-state index in [1.807, 2.05) is 38.1 Å². The Hall–Kier alpha value is -1.22.